The second-order valence-corrected chi connectivity index (χ2v) is 7.51. The lowest BCUT2D eigenvalue weighted by atomic mass is 10.0. The third-order valence-corrected chi connectivity index (χ3v) is 5.38. The van der Waals surface area contributed by atoms with Gasteiger partial charge in [-0.2, -0.15) is 4.98 Å². The maximum absolute atomic E-state index is 5.88. The van der Waals surface area contributed by atoms with Crippen LogP contribution < -0.4 is 5.73 Å². The van der Waals surface area contributed by atoms with Crippen molar-refractivity contribution in [2.45, 2.75) is 70.8 Å². The quantitative estimate of drug-likeness (QED) is 0.583. The fraction of sp³-hybridized carbons (Fsp3) is 0.545. The summed E-state index contributed by atoms with van der Waals surface area (Å²) in [7, 11) is 0. The van der Waals surface area contributed by atoms with Gasteiger partial charge in [-0.25, -0.2) is 0 Å². The number of hydrogen-bond acceptors (Lipinski definition) is 5. The lowest BCUT2D eigenvalue weighted by Crippen LogP contribution is -2.26. The van der Waals surface area contributed by atoms with Gasteiger partial charge in [-0.1, -0.05) is 75.0 Å². The van der Waals surface area contributed by atoms with Crippen LogP contribution in [0.1, 0.15) is 75.8 Å². The van der Waals surface area contributed by atoms with Crippen LogP contribution >= 0.6 is 0 Å². The molecule has 0 radical (unpaired) electrons. The van der Waals surface area contributed by atoms with Gasteiger partial charge in [0, 0.05) is 12.1 Å². The summed E-state index contributed by atoms with van der Waals surface area (Å²) < 4.78 is 5.53. The smallest absolute Gasteiger partial charge is 0.249 e. The van der Waals surface area contributed by atoms with Crippen molar-refractivity contribution < 1.29 is 4.52 Å². The number of nitrogens with zero attached hydrogens (tertiary/aromatic N) is 3. The number of unbranched alkanes of at least 4 members (excludes halogenated alkanes) is 5. The number of nitrogens with two attached hydrogens (primary N) is 1. The first-order valence-corrected chi connectivity index (χ1v) is 10.3. The highest BCUT2D eigenvalue weighted by Gasteiger charge is 2.30. The minimum absolute atomic E-state index is 0.0516. The molecule has 2 aromatic rings. The van der Waals surface area contributed by atoms with Gasteiger partial charge in [0.15, 0.2) is 0 Å². The Kier molecular flexibility index (Phi) is 6.91. The van der Waals surface area contributed by atoms with E-state index in [1.807, 2.05) is 4.90 Å². The Morgan fingerprint density at radius 2 is 1.93 bits per heavy atom. The Labute approximate surface area is 162 Å². The van der Waals surface area contributed by atoms with E-state index in [1.165, 1.54) is 44.1 Å². The molecule has 1 unspecified atom stereocenters. The van der Waals surface area contributed by atoms with E-state index in [4.69, 9.17) is 10.3 Å². The van der Waals surface area contributed by atoms with E-state index < -0.39 is 0 Å². The molecule has 2 N–H and O–H groups in total. The second-order valence-electron chi connectivity index (χ2n) is 7.51. The van der Waals surface area contributed by atoms with Crippen LogP contribution in [0.3, 0.4) is 0 Å². The molecule has 1 saturated heterocycles. The molecule has 1 aromatic heterocycles. The Morgan fingerprint density at radius 3 is 2.67 bits per heavy atom. The van der Waals surface area contributed by atoms with Crippen molar-refractivity contribution in [2.24, 2.45) is 5.73 Å². The van der Waals surface area contributed by atoms with E-state index >= 15 is 0 Å². The normalized spacial score (nSPS) is 16.8. The fourth-order valence-corrected chi connectivity index (χ4v) is 3.78. The van der Waals surface area contributed by atoms with Crippen molar-refractivity contribution >= 4 is 0 Å². The first kappa shape index (κ1) is 19.5. The average Bonchev–Trinajstić information content (AvgIpc) is 3.34. The van der Waals surface area contributed by atoms with Gasteiger partial charge < -0.3 is 15.2 Å². The van der Waals surface area contributed by atoms with Gasteiger partial charge in [0.25, 0.3) is 0 Å². The molecule has 1 aliphatic heterocycles. The first-order chi connectivity index (χ1) is 13.2. The first-order valence-electron chi connectivity index (χ1n) is 10.3. The zero-order chi connectivity index (χ0) is 19.1. The van der Waals surface area contributed by atoms with E-state index in [0.717, 1.165) is 31.4 Å². The summed E-state index contributed by atoms with van der Waals surface area (Å²) in [5.41, 5.74) is 8.24. The molecular weight excluding hydrogens is 336 g/mol. The molecule has 0 aliphatic carbocycles. The van der Waals surface area contributed by atoms with E-state index in [9.17, 15) is 0 Å². The SMILES string of the molecule is C=C(N)N1CCCC1c1nc(-c2ccc(CCCCCCCC)cc2)no1. The van der Waals surface area contributed by atoms with Crippen LogP contribution in [0.15, 0.2) is 41.2 Å². The number of aromatic nitrogens is 2. The molecule has 146 valence electrons. The van der Waals surface area contributed by atoms with Crippen molar-refractivity contribution in [1.29, 1.82) is 0 Å². The molecular formula is C22H32N4O. The van der Waals surface area contributed by atoms with Crippen LogP contribution in [0.5, 0.6) is 0 Å². The molecule has 1 aliphatic rings. The average molecular weight is 369 g/mol. The number of benzene rings is 1. The fourth-order valence-electron chi connectivity index (χ4n) is 3.78. The number of hydrogen-bond donors (Lipinski definition) is 1. The molecule has 0 spiro atoms. The second kappa shape index (κ2) is 9.58. The maximum Gasteiger partial charge on any atom is 0.249 e. The lowest BCUT2D eigenvalue weighted by molar-refractivity contribution is 0.250. The van der Waals surface area contributed by atoms with Gasteiger partial charge in [-0.05, 0) is 31.2 Å². The topological polar surface area (TPSA) is 68.2 Å². The molecule has 1 aromatic carbocycles. The van der Waals surface area contributed by atoms with Crippen LogP contribution in [0.2, 0.25) is 0 Å². The summed E-state index contributed by atoms with van der Waals surface area (Å²) in [4.78, 5) is 6.66. The zero-order valence-electron chi connectivity index (χ0n) is 16.5. The number of likely N-dealkylation sites (tertiary alicyclic amines) is 1. The maximum atomic E-state index is 5.88. The van der Waals surface area contributed by atoms with Crippen molar-refractivity contribution in [3.05, 3.63) is 48.1 Å². The van der Waals surface area contributed by atoms with Gasteiger partial charge >= 0.3 is 0 Å². The molecule has 5 heteroatoms. The predicted molar refractivity (Wildman–Crippen MR) is 109 cm³/mol. The molecule has 5 nitrogen and oxygen atoms in total. The minimum Gasteiger partial charge on any atom is -0.386 e. The Morgan fingerprint density at radius 1 is 1.19 bits per heavy atom. The highest BCUT2D eigenvalue weighted by Crippen LogP contribution is 2.33. The molecule has 1 fully saturated rings. The standard InChI is InChI=1S/C22H32N4O/c1-3-4-5-6-7-8-10-18-12-14-19(15-13-18)21-24-22(27-25-21)20-11-9-16-26(20)17(2)23/h12-15,20H,2-11,16,23H2,1H3. The van der Waals surface area contributed by atoms with Crippen molar-refractivity contribution in [3.63, 3.8) is 0 Å². The monoisotopic (exact) mass is 368 g/mol. The van der Waals surface area contributed by atoms with Crippen LogP contribution in [-0.2, 0) is 6.42 Å². The largest absolute Gasteiger partial charge is 0.386 e. The Balaban J connectivity index is 1.55. The Bertz CT molecular complexity index is 722. The van der Waals surface area contributed by atoms with Crippen LogP contribution in [-0.4, -0.2) is 21.6 Å². The summed E-state index contributed by atoms with van der Waals surface area (Å²) >= 11 is 0. The van der Waals surface area contributed by atoms with Crippen molar-refractivity contribution in [3.8, 4) is 11.4 Å². The van der Waals surface area contributed by atoms with Crippen LogP contribution in [0, 0.1) is 0 Å². The summed E-state index contributed by atoms with van der Waals surface area (Å²) in [6.45, 7) is 7.00. The molecule has 0 saturated carbocycles. The van der Waals surface area contributed by atoms with E-state index in [-0.39, 0.29) is 6.04 Å². The van der Waals surface area contributed by atoms with E-state index in [2.05, 4.69) is 47.9 Å². The van der Waals surface area contributed by atoms with Gasteiger partial charge in [0.2, 0.25) is 11.7 Å². The summed E-state index contributed by atoms with van der Waals surface area (Å²) in [6.07, 6.45) is 11.1. The van der Waals surface area contributed by atoms with Crippen LogP contribution in [0.25, 0.3) is 11.4 Å². The number of rotatable bonds is 10. The van der Waals surface area contributed by atoms with Gasteiger partial charge in [-0.3, -0.25) is 0 Å². The molecule has 2 heterocycles. The van der Waals surface area contributed by atoms with Crippen molar-refractivity contribution in [1.82, 2.24) is 15.0 Å². The van der Waals surface area contributed by atoms with Gasteiger partial charge in [-0.15, -0.1) is 0 Å². The summed E-state index contributed by atoms with van der Waals surface area (Å²) in [5.74, 6) is 1.84. The van der Waals surface area contributed by atoms with E-state index in [1.54, 1.807) is 0 Å². The molecule has 0 amide bonds. The Hall–Kier alpha value is -2.30. The lowest BCUT2D eigenvalue weighted by Gasteiger charge is -2.22. The van der Waals surface area contributed by atoms with Gasteiger partial charge in [0.05, 0.1) is 5.82 Å². The predicted octanol–water partition coefficient (Wildman–Crippen LogP) is 5.21. The summed E-state index contributed by atoms with van der Waals surface area (Å²) in [5, 5.41) is 4.18. The third kappa shape index (κ3) is 5.12. The van der Waals surface area contributed by atoms with E-state index in [0.29, 0.717) is 17.5 Å². The number of aryl methyl sites for hydroxylation is 1. The van der Waals surface area contributed by atoms with Crippen molar-refractivity contribution in [2.75, 3.05) is 6.54 Å². The highest BCUT2D eigenvalue weighted by molar-refractivity contribution is 5.54. The zero-order valence-corrected chi connectivity index (χ0v) is 16.5. The minimum atomic E-state index is 0.0516. The third-order valence-electron chi connectivity index (χ3n) is 5.38. The molecule has 3 rings (SSSR count). The van der Waals surface area contributed by atoms with Gasteiger partial charge in [0.1, 0.15) is 6.04 Å². The molecule has 1 atom stereocenters. The molecule has 27 heavy (non-hydrogen) atoms. The highest BCUT2D eigenvalue weighted by atomic mass is 16.5. The van der Waals surface area contributed by atoms with Crippen LogP contribution in [0.4, 0.5) is 0 Å². The summed E-state index contributed by atoms with van der Waals surface area (Å²) in [6, 6.07) is 8.60. The molecule has 0 bridgehead atoms.